The summed E-state index contributed by atoms with van der Waals surface area (Å²) in [4.78, 5) is 26.2. The predicted octanol–water partition coefficient (Wildman–Crippen LogP) is 3.85. The first-order valence-electron chi connectivity index (χ1n) is 7.31. The zero-order valence-electron chi connectivity index (χ0n) is 13.8. The molecule has 1 N–H and O–H groups in total. The molecule has 0 bridgehead atoms. The highest BCUT2D eigenvalue weighted by molar-refractivity contribution is 7.16. The fourth-order valence-electron chi connectivity index (χ4n) is 2.18. The molecule has 2 aromatic rings. The molecule has 7 heteroatoms. The van der Waals surface area contributed by atoms with Crippen LogP contribution in [0, 0.1) is 6.92 Å². The zero-order chi connectivity index (χ0) is 17.7. The second kappa shape index (κ2) is 8.17. The van der Waals surface area contributed by atoms with Crippen LogP contribution >= 0.6 is 22.9 Å². The average molecular weight is 367 g/mol. The van der Waals surface area contributed by atoms with Crippen molar-refractivity contribution < 1.29 is 14.3 Å². The molecular weight excluding hydrogens is 348 g/mol. The highest BCUT2D eigenvalue weighted by atomic mass is 35.5. The Hall–Kier alpha value is -2.05. The number of amides is 1. The predicted molar refractivity (Wildman–Crippen MR) is 97.9 cm³/mol. The summed E-state index contributed by atoms with van der Waals surface area (Å²) < 4.78 is 5.26. The molecule has 128 valence electrons. The number of esters is 1. The van der Waals surface area contributed by atoms with Crippen molar-refractivity contribution in [1.29, 1.82) is 0 Å². The van der Waals surface area contributed by atoms with E-state index in [1.54, 1.807) is 11.3 Å². The van der Waals surface area contributed by atoms with Gasteiger partial charge in [-0.05, 0) is 42.8 Å². The number of carbonyl (C=O) groups is 2. The molecule has 1 amide bonds. The first-order chi connectivity index (χ1) is 11.4. The van der Waals surface area contributed by atoms with Crippen LogP contribution in [0.4, 0.5) is 11.4 Å². The van der Waals surface area contributed by atoms with E-state index in [2.05, 4.69) is 15.0 Å². The van der Waals surface area contributed by atoms with Gasteiger partial charge in [-0.15, -0.1) is 11.3 Å². The quantitative estimate of drug-likeness (QED) is 0.623. The number of aryl methyl sites for hydroxylation is 1. The number of ether oxygens (including phenoxy) is 1. The van der Waals surface area contributed by atoms with Gasteiger partial charge in [0.1, 0.15) is 6.42 Å². The molecule has 0 saturated carbocycles. The van der Waals surface area contributed by atoms with Gasteiger partial charge in [0, 0.05) is 23.3 Å². The number of thiophene rings is 1. The summed E-state index contributed by atoms with van der Waals surface area (Å²) in [6.45, 7) is 2.66. The van der Waals surface area contributed by atoms with Crippen molar-refractivity contribution in [2.75, 3.05) is 24.4 Å². The van der Waals surface area contributed by atoms with E-state index in [4.69, 9.17) is 11.6 Å². The summed E-state index contributed by atoms with van der Waals surface area (Å²) in [5.41, 5.74) is 2.63. The Morgan fingerprint density at radius 1 is 1.29 bits per heavy atom. The summed E-state index contributed by atoms with van der Waals surface area (Å²) >= 11 is 7.51. The molecule has 24 heavy (non-hydrogen) atoms. The van der Waals surface area contributed by atoms with E-state index in [1.807, 2.05) is 44.3 Å². The number of carbonyl (C=O) groups excluding carboxylic acids is 2. The van der Waals surface area contributed by atoms with Crippen molar-refractivity contribution in [3.8, 4) is 0 Å². The van der Waals surface area contributed by atoms with Gasteiger partial charge in [-0.3, -0.25) is 9.59 Å². The molecule has 0 fully saturated rings. The largest absolute Gasteiger partial charge is 0.469 e. The maximum Gasteiger partial charge on any atom is 0.315 e. The first kappa shape index (κ1) is 18.3. The van der Waals surface area contributed by atoms with Crippen LogP contribution in [0.2, 0.25) is 4.34 Å². The number of nitrogens with one attached hydrogen (secondary N) is 1. The Bertz CT molecular complexity index is 745. The summed E-state index contributed by atoms with van der Waals surface area (Å²) in [7, 11) is 3.25. The molecule has 0 aliphatic rings. The topological polar surface area (TPSA) is 58.6 Å². The van der Waals surface area contributed by atoms with Gasteiger partial charge >= 0.3 is 5.97 Å². The molecule has 0 saturated heterocycles. The second-order valence-corrected chi connectivity index (χ2v) is 7.16. The van der Waals surface area contributed by atoms with Gasteiger partial charge in [0.05, 0.1) is 18.0 Å². The third-order valence-corrected chi connectivity index (χ3v) is 4.70. The number of nitrogens with zero attached hydrogens (tertiary/aromatic N) is 1. The SMILES string of the molecule is COC(=O)CC(=O)Nc1ccc(N(C)Cc2ccc(Cl)s2)cc1C. The number of benzene rings is 1. The van der Waals surface area contributed by atoms with Gasteiger partial charge in [0.2, 0.25) is 5.91 Å². The van der Waals surface area contributed by atoms with Crippen LogP contribution in [0.1, 0.15) is 16.9 Å². The van der Waals surface area contributed by atoms with E-state index in [0.29, 0.717) is 5.69 Å². The van der Waals surface area contributed by atoms with Gasteiger partial charge in [-0.1, -0.05) is 11.6 Å². The van der Waals surface area contributed by atoms with Gasteiger partial charge in [-0.25, -0.2) is 0 Å². The Kier molecular flexibility index (Phi) is 6.23. The lowest BCUT2D eigenvalue weighted by Crippen LogP contribution is -2.18. The van der Waals surface area contributed by atoms with Crippen LogP contribution in [0.5, 0.6) is 0 Å². The van der Waals surface area contributed by atoms with Gasteiger partial charge < -0.3 is 15.0 Å². The molecule has 0 spiro atoms. The summed E-state index contributed by atoms with van der Waals surface area (Å²) in [6.07, 6.45) is -0.295. The summed E-state index contributed by atoms with van der Waals surface area (Å²) in [5.74, 6) is -0.949. The third kappa shape index (κ3) is 4.97. The van der Waals surface area contributed by atoms with E-state index in [-0.39, 0.29) is 12.3 Å². The first-order valence-corrected chi connectivity index (χ1v) is 8.51. The van der Waals surface area contributed by atoms with E-state index in [1.165, 1.54) is 12.0 Å². The molecule has 0 unspecified atom stereocenters. The minimum Gasteiger partial charge on any atom is -0.469 e. The number of anilines is 2. The molecular formula is C17H19ClN2O3S. The third-order valence-electron chi connectivity index (χ3n) is 3.48. The fourth-order valence-corrected chi connectivity index (χ4v) is 3.33. The second-order valence-electron chi connectivity index (χ2n) is 5.36. The van der Waals surface area contributed by atoms with Crippen LogP contribution in [-0.4, -0.2) is 26.0 Å². The van der Waals surface area contributed by atoms with Crippen LogP contribution < -0.4 is 10.2 Å². The van der Waals surface area contributed by atoms with Gasteiger partial charge in [0.15, 0.2) is 0 Å². The highest BCUT2D eigenvalue weighted by Gasteiger charge is 2.12. The standard InChI is InChI=1S/C17H19ClN2O3S/c1-11-8-12(20(2)10-13-5-7-15(18)24-13)4-6-14(11)19-16(21)9-17(22)23-3/h4-8H,9-10H2,1-3H3,(H,19,21). The van der Waals surface area contributed by atoms with E-state index in [0.717, 1.165) is 22.1 Å². The van der Waals surface area contributed by atoms with Crippen LogP contribution in [0.25, 0.3) is 0 Å². The minimum absolute atomic E-state index is 0.295. The highest BCUT2D eigenvalue weighted by Crippen LogP contribution is 2.26. The number of methoxy groups -OCH3 is 1. The van der Waals surface area contributed by atoms with E-state index in [9.17, 15) is 9.59 Å². The monoisotopic (exact) mass is 366 g/mol. The smallest absolute Gasteiger partial charge is 0.315 e. The molecule has 5 nitrogen and oxygen atoms in total. The zero-order valence-corrected chi connectivity index (χ0v) is 15.3. The lowest BCUT2D eigenvalue weighted by molar-refractivity contribution is -0.142. The lowest BCUT2D eigenvalue weighted by Gasteiger charge is -2.20. The van der Waals surface area contributed by atoms with Crippen molar-refractivity contribution >= 4 is 46.2 Å². The number of hydrogen-bond acceptors (Lipinski definition) is 5. The van der Waals surface area contributed by atoms with Crippen molar-refractivity contribution in [2.45, 2.75) is 19.9 Å². The Labute approximate surface area is 150 Å². The van der Waals surface area contributed by atoms with Crippen molar-refractivity contribution in [2.24, 2.45) is 0 Å². The molecule has 0 atom stereocenters. The molecule has 0 radical (unpaired) electrons. The molecule has 1 heterocycles. The molecule has 0 aliphatic carbocycles. The summed E-state index contributed by atoms with van der Waals surface area (Å²) in [5, 5.41) is 2.72. The molecule has 2 rings (SSSR count). The average Bonchev–Trinajstić information content (AvgIpc) is 2.94. The molecule has 1 aromatic heterocycles. The van der Waals surface area contributed by atoms with Gasteiger partial charge in [-0.2, -0.15) is 0 Å². The molecule has 0 aliphatic heterocycles. The fraction of sp³-hybridized carbons (Fsp3) is 0.294. The number of hydrogen-bond donors (Lipinski definition) is 1. The van der Waals surface area contributed by atoms with Crippen molar-refractivity contribution in [1.82, 2.24) is 0 Å². The lowest BCUT2D eigenvalue weighted by atomic mass is 10.1. The van der Waals surface area contributed by atoms with Gasteiger partial charge in [0.25, 0.3) is 0 Å². The van der Waals surface area contributed by atoms with Crippen molar-refractivity contribution in [3.63, 3.8) is 0 Å². The summed E-state index contributed by atoms with van der Waals surface area (Å²) in [6, 6.07) is 9.65. The minimum atomic E-state index is -0.559. The van der Waals surface area contributed by atoms with Crippen LogP contribution in [-0.2, 0) is 20.9 Å². The number of halogens is 1. The van der Waals surface area contributed by atoms with Crippen LogP contribution in [0.15, 0.2) is 30.3 Å². The van der Waals surface area contributed by atoms with Crippen molar-refractivity contribution in [3.05, 3.63) is 45.1 Å². The maximum absolute atomic E-state index is 11.8. The maximum atomic E-state index is 11.8. The van der Waals surface area contributed by atoms with E-state index < -0.39 is 5.97 Å². The molecule has 1 aromatic carbocycles. The number of rotatable bonds is 6. The Balaban J connectivity index is 2.03. The Morgan fingerprint density at radius 3 is 2.62 bits per heavy atom. The van der Waals surface area contributed by atoms with E-state index >= 15 is 0 Å². The normalized spacial score (nSPS) is 10.3. The van der Waals surface area contributed by atoms with Crippen LogP contribution in [0.3, 0.4) is 0 Å². The Morgan fingerprint density at radius 2 is 2.04 bits per heavy atom.